The van der Waals surface area contributed by atoms with E-state index in [0.29, 0.717) is 19.6 Å². The van der Waals surface area contributed by atoms with E-state index in [2.05, 4.69) is 17.2 Å². The third kappa shape index (κ3) is 5.63. The van der Waals surface area contributed by atoms with Crippen LogP contribution >= 0.6 is 0 Å². The number of urea groups is 1. The molecule has 2 aliphatic heterocycles. The van der Waals surface area contributed by atoms with Crippen molar-refractivity contribution in [1.82, 2.24) is 20.4 Å². The number of nitrogens with zero attached hydrogens (tertiary/aromatic N) is 2. The Bertz CT molecular complexity index is 466. The molecule has 0 radical (unpaired) electrons. The SMILES string of the molecule is C=CCNC(=O)NC(=O)CN1CCC(C(=O)N2CCCCC2)CC1. The molecule has 4 amide bonds. The van der Waals surface area contributed by atoms with Crippen molar-refractivity contribution in [2.24, 2.45) is 5.92 Å². The molecule has 0 saturated carbocycles. The van der Waals surface area contributed by atoms with E-state index < -0.39 is 6.03 Å². The highest BCUT2D eigenvalue weighted by atomic mass is 16.2. The first-order valence-corrected chi connectivity index (χ1v) is 8.80. The third-order valence-corrected chi connectivity index (χ3v) is 4.63. The summed E-state index contributed by atoms with van der Waals surface area (Å²) >= 11 is 0. The number of carbonyl (C=O) groups excluding carboxylic acids is 3. The van der Waals surface area contributed by atoms with E-state index in [-0.39, 0.29) is 24.3 Å². The second kappa shape index (κ2) is 9.42. The maximum absolute atomic E-state index is 12.5. The van der Waals surface area contributed by atoms with Crippen LogP contribution in [0.1, 0.15) is 32.1 Å². The molecule has 0 bridgehead atoms. The van der Waals surface area contributed by atoms with Gasteiger partial charge in [0.1, 0.15) is 0 Å². The first-order chi connectivity index (χ1) is 11.6. The van der Waals surface area contributed by atoms with Crippen LogP contribution in [-0.2, 0) is 9.59 Å². The molecule has 2 fully saturated rings. The number of carbonyl (C=O) groups is 3. The highest BCUT2D eigenvalue weighted by Crippen LogP contribution is 2.21. The average molecular weight is 336 g/mol. The lowest BCUT2D eigenvalue weighted by Gasteiger charge is -2.35. The van der Waals surface area contributed by atoms with Gasteiger partial charge in [-0.05, 0) is 45.2 Å². The Kier molecular flexibility index (Phi) is 7.24. The molecule has 0 aromatic heterocycles. The molecule has 7 nitrogen and oxygen atoms in total. The van der Waals surface area contributed by atoms with Crippen LogP contribution in [0.5, 0.6) is 0 Å². The third-order valence-electron chi connectivity index (χ3n) is 4.63. The van der Waals surface area contributed by atoms with Crippen molar-refractivity contribution in [3.05, 3.63) is 12.7 Å². The van der Waals surface area contributed by atoms with Crippen LogP contribution in [0.25, 0.3) is 0 Å². The Hall–Kier alpha value is -1.89. The topological polar surface area (TPSA) is 81.8 Å². The fourth-order valence-corrected chi connectivity index (χ4v) is 3.29. The van der Waals surface area contributed by atoms with Crippen LogP contribution < -0.4 is 10.6 Å². The zero-order chi connectivity index (χ0) is 17.4. The van der Waals surface area contributed by atoms with Crippen LogP contribution in [0.4, 0.5) is 4.79 Å². The van der Waals surface area contributed by atoms with Crippen LogP contribution in [0.3, 0.4) is 0 Å². The molecule has 2 aliphatic rings. The summed E-state index contributed by atoms with van der Waals surface area (Å²) in [5, 5.41) is 4.80. The molecule has 7 heteroatoms. The molecule has 0 aromatic rings. The average Bonchev–Trinajstić information content (AvgIpc) is 2.60. The summed E-state index contributed by atoms with van der Waals surface area (Å²) in [5.74, 6) is 0.0401. The van der Waals surface area contributed by atoms with E-state index in [9.17, 15) is 14.4 Å². The number of hydrogen-bond donors (Lipinski definition) is 2. The summed E-state index contributed by atoms with van der Waals surface area (Å²) in [5.41, 5.74) is 0. The molecule has 134 valence electrons. The Balaban J connectivity index is 1.68. The van der Waals surface area contributed by atoms with Crippen molar-refractivity contribution in [3.63, 3.8) is 0 Å². The van der Waals surface area contributed by atoms with Gasteiger partial charge in [0.25, 0.3) is 0 Å². The number of piperidine rings is 2. The summed E-state index contributed by atoms with van der Waals surface area (Å²) in [6, 6.07) is -0.505. The maximum atomic E-state index is 12.5. The summed E-state index contributed by atoms with van der Waals surface area (Å²) < 4.78 is 0. The quantitative estimate of drug-likeness (QED) is 0.725. The summed E-state index contributed by atoms with van der Waals surface area (Å²) in [7, 11) is 0. The van der Waals surface area contributed by atoms with Gasteiger partial charge in [0.05, 0.1) is 6.54 Å². The normalized spacial score (nSPS) is 19.6. The van der Waals surface area contributed by atoms with Gasteiger partial charge in [-0.2, -0.15) is 0 Å². The van der Waals surface area contributed by atoms with E-state index >= 15 is 0 Å². The van der Waals surface area contributed by atoms with Gasteiger partial charge in [-0.3, -0.25) is 19.8 Å². The van der Waals surface area contributed by atoms with Crippen molar-refractivity contribution >= 4 is 17.8 Å². The molecular formula is C17H28N4O3. The van der Waals surface area contributed by atoms with Gasteiger partial charge in [0.15, 0.2) is 0 Å². The molecule has 0 aromatic carbocycles. The lowest BCUT2D eigenvalue weighted by Crippen LogP contribution is -2.48. The van der Waals surface area contributed by atoms with Crippen molar-refractivity contribution < 1.29 is 14.4 Å². The van der Waals surface area contributed by atoms with Crippen LogP contribution in [0.2, 0.25) is 0 Å². The summed E-state index contributed by atoms with van der Waals surface area (Å²) in [6.45, 7) is 7.21. The van der Waals surface area contributed by atoms with Crippen LogP contribution in [0.15, 0.2) is 12.7 Å². The molecule has 2 heterocycles. The van der Waals surface area contributed by atoms with E-state index in [4.69, 9.17) is 0 Å². The number of likely N-dealkylation sites (tertiary alicyclic amines) is 2. The predicted octanol–water partition coefficient (Wildman–Crippen LogP) is 0.723. The lowest BCUT2D eigenvalue weighted by atomic mass is 9.94. The van der Waals surface area contributed by atoms with Gasteiger partial charge >= 0.3 is 6.03 Å². The lowest BCUT2D eigenvalue weighted by molar-refractivity contribution is -0.138. The number of amides is 4. The number of nitrogens with one attached hydrogen (secondary N) is 2. The van der Waals surface area contributed by atoms with E-state index in [0.717, 1.165) is 38.8 Å². The second-order valence-corrected chi connectivity index (χ2v) is 6.48. The monoisotopic (exact) mass is 336 g/mol. The molecule has 24 heavy (non-hydrogen) atoms. The van der Waals surface area contributed by atoms with Crippen molar-refractivity contribution in [2.45, 2.75) is 32.1 Å². The summed E-state index contributed by atoms with van der Waals surface area (Å²) in [4.78, 5) is 39.7. The van der Waals surface area contributed by atoms with E-state index in [1.54, 1.807) is 6.08 Å². The highest BCUT2D eigenvalue weighted by Gasteiger charge is 2.29. The largest absolute Gasteiger partial charge is 0.342 e. The van der Waals surface area contributed by atoms with Crippen LogP contribution in [-0.4, -0.2) is 66.9 Å². The predicted molar refractivity (Wildman–Crippen MR) is 91.3 cm³/mol. The van der Waals surface area contributed by atoms with Crippen molar-refractivity contribution in [3.8, 4) is 0 Å². The number of imide groups is 1. The molecule has 2 saturated heterocycles. The fraction of sp³-hybridized carbons (Fsp3) is 0.706. The zero-order valence-corrected chi connectivity index (χ0v) is 14.3. The molecule has 0 atom stereocenters. The van der Waals surface area contributed by atoms with Gasteiger partial charge in [0.2, 0.25) is 11.8 Å². The molecular weight excluding hydrogens is 308 g/mol. The number of hydrogen-bond acceptors (Lipinski definition) is 4. The second-order valence-electron chi connectivity index (χ2n) is 6.48. The van der Waals surface area contributed by atoms with Gasteiger partial charge in [0, 0.05) is 25.6 Å². The highest BCUT2D eigenvalue weighted by molar-refractivity contribution is 5.95. The molecule has 0 spiro atoms. The van der Waals surface area contributed by atoms with Crippen LogP contribution in [0, 0.1) is 5.92 Å². The fourth-order valence-electron chi connectivity index (χ4n) is 3.29. The standard InChI is InChI=1S/C17H28N4O3/c1-2-8-18-17(24)19-15(22)13-20-11-6-14(7-12-20)16(23)21-9-4-3-5-10-21/h2,14H,1,3-13H2,(H2,18,19,22,24). The summed E-state index contributed by atoms with van der Waals surface area (Å²) in [6.07, 6.45) is 6.56. The van der Waals surface area contributed by atoms with Gasteiger partial charge < -0.3 is 10.2 Å². The first-order valence-electron chi connectivity index (χ1n) is 8.80. The van der Waals surface area contributed by atoms with E-state index in [1.165, 1.54) is 6.42 Å². The molecule has 2 rings (SSSR count). The first kappa shape index (κ1) is 18.4. The Morgan fingerprint density at radius 1 is 1.04 bits per heavy atom. The van der Waals surface area contributed by atoms with Crippen molar-refractivity contribution in [1.29, 1.82) is 0 Å². The van der Waals surface area contributed by atoms with Gasteiger partial charge in [-0.1, -0.05) is 6.08 Å². The Labute approximate surface area is 143 Å². The van der Waals surface area contributed by atoms with Crippen molar-refractivity contribution in [2.75, 3.05) is 39.3 Å². The van der Waals surface area contributed by atoms with Gasteiger partial charge in [-0.15, -0.1) is 6.58 Å². The minimum absolute atomic E-state index is 0.0818. The minimum atomic E-state index is -0.505. The smallest absolute Gasteiger partial charge is 0.321 e. The van der Waals surface area contributed by atoms with Gasteiger partial charge in [-0.25, -0.2) is 4.79 Å². The Morgan fingerprint density at radius 2 is 1.71 bits per heavy atom. The maximum Gasteiger partial charge on any atom is 0.321 e. The molecule has 2 N–H and O–H groups in total. The minimum Gasteiger partial charge on any atom is -0.342 e. The molecule has 0 aliphatic carbocycles. The molecule has 0 unspecified atom stereocenters. The Morgan fingerprint density at radius 3 is 2.33 bits per heavy atom. The zero-order valence-electron chi connectivity index (χ0n) is 14.3. The van der Waals surface area contributed by atoms with E-state index in [1.807, 2.05) is 9.80 Å². The number of rotatable bonds is 5.